The minimum absolute atomic E-state index is 0.182. The second-order valence-corrected chi connectivity index (χ2v) is 6.45. The Morgan fingerprint density at radius 3 is 2.56 bits per heavy atom. The maximum Gasteiger partial charge on any atom is 0.243 e. The minimum Gasteiger partial charge on any atom is -0.392 e. The Hall–Kier alpha value is -0.950. The van der Waals surface area contributed by atoms with Gasteiger partial charge in [-0.25, -0.2) is 8.42 Å². The van der Waals surface area contributed by atoms with Gasteiger partial charge in [0, 0.05) is 19.6 Å². The number of hydrogen-bond donors (Lipinski definition) is 2. The molecule has 0 unspecified atom stereocenters. The average molecular weight is 270 g/mol. The van der Waals surface area contributed by atoms with Gasteiger partial charge in [-0.2, -0.15) is 4.31 Å². The molecule has 1 heterocycles. The third-order valence-corrected chi connectivity index (χ3v) is 5.04. The predicted molar refractivity (Wildman–Crippen MR) is 68.3 cm³/mol. The van der Waals surface area contributed by atoms with Gasteiger partial charge in [-0.3, -0.25) is 0 Å². The number of aliphatic hydroxyl groups is 1. The molecule has 100 valence electrons. The highest BCUT2D eigenvalue weighted by molar-refractivity contribution is 7.89. The quantitative estimate of drug-likeness (QED) is 0.827. The third kappa shape index (κ3) is 2.72. The van der Waals surface area contributed by atoms with E-state index in [0.29, 0.717) is 25.9 Å². The molecule has 0 spiro atoms. The standard InChI is InChI=1S/C12H18N2O3S/c13-8-10-3-5-12(6-4-10)18(16,17)14-7-1-2-11(15)9-14/h3-6,11,15H,1-2,7-9,13H2/t11-/m1/s1. The van der Waals surface area contributed by atoms with Crippen molar-refractivity contribution in [3.63, 3.8) is 0 Å². The van der Waals surface area contributed by atoms with Crippen molar-refractivity contribution in [1.29, 1.82) is 0 Å². The Morgan fingerprint density at radius 2 is 2.00 bits per heavy atom. The number of aliphatic hydroxyl groups excluding tert-OH is 1. The monoisotopic (exact) mass is 270 g/mol. The van der Waals surface area contributed by atoms with Crippen LogP contribution in [0.3, 0.4) is 0 Å². The smallest absolute Gasteiger partial charge is 0.243 e. The largest absolute Gasteiger partial charge is 0.392 e. The van der Waals surface area contributed by atoms with Crippen LogP contribution >= 0.6 is 0 Å². The van der Waals surface area contributed by atoms with Gasteiger partial charge in [0.25, 0.3) is 0 Å². The number of nitrogens with zero attached hydrogens (tertiary/aromatic N) is 1. The number of benzene rings is 1. The van der Waals surface area contributed by atoms with E-state index in [1.54, 1.807) is 24.3 Å². The van der Waals surface area contributed by atoms with Crippen LogP contribution in [0.4, 0.5) is 0 Å². The van der Waals surface area contributed by atoms with Crippen LogP contribution in [0.5, 0.6) is 0 Å². The van der Waals surface area contributed by atoms with Crippen LogP contribution in [0.25, 0.3) is 0 Å². The Labute approximate surface area is 107 Å². The molecule has 1 atom stereocenters. The molecule has 3 N–H and O–H groups in total. The fourth-order valence-electron chi connectivity index (χ4n) is 2.09. The molecule has 5 nitrogen and oxygen atoms in total. The highest BCUT2D eigenvalue weighted by atomic mass is 32.2. The molecule has 0 amide bonds. The number of rotatable bonds is 3. The number of hydrogen-bond acceptors (Lipinski definition) is 4. The van der Waals surface area contributed by atoms with Crippen molar-refractivity contribution in [1.82, 2.24) is 4.31 Å². The lowest BCUT2D eigenvalue weighted by molar-refractivity contribution is 0.108. The van der Waals surface area contributed by atoms with Crippen molar-refractivity contribution in [3.8, 4) is 0 Å². The number of nitrogens with two attached hydrogens (primary N) is 1. The van der Waals surface area contributed by atoms with E-state index >= 15 is 0 Å². The zero-order chi connectivity index (χ0) is 13.2. The fourth-order valence-corrected chi connectivity index (χ4v) is 3.60. The lowest BCUT2D eigenvalue weighted by Gasteiger charge is -2.29. The Morgan fingerprint density at radius 1 is 1.33 bits per heavy atom. The van der Waals surface area contributed by atoms with E-state index in [9.17, 15) is 13.5 Å². The van der Waals surface area contributed by atoms with E-state index in [4.69, 9.17) is 5.73 Å². The van der Waals surface area contributed by atoms with Crippen LogP contribution in [0.2, 0.25) is 0 Å². The molecule has 1 aromatic rings. The van der Waals surface area contributed by atoms with Crippen molar-refractivity contribution < 1.29 is 13.5 Å². The molecule has 1 aromatic carbocycles. The van der Waals surface area contributed by atoms with E-state index in [1.165, 1.54) is 4.31 Å². The van der Waals surface area contributed by atoms with Crippen molar-refractivity contribution in [2.24, 2.45) is 5.73 Å². The summed E-state index contributed by atoms with van der Waals surface area (Å²) >= 11 is 0. The molecule has 0 saturated carbocycles. The second-order valence-electron chi connectivity index (χ2n) is 4.51. The van der Waals surface area contributed by atoms with Crippen LogP contribution in [0, 0.1) is 0 Å². The fraction of sp³-hybridized carbons (Fsp3) is 0.500. The van der Waals surface area contributed by atoms with E-state index in [2.05, 4.69) is 0 Å². The lowest BCUT2D eigenvalue weighted by atomic mass is 10.1. The van der Waals surface area contributed by atoms with E-state index in [1.807, 2.05) is 0 Å². The Kier molecular flexibility index (Phi) is 4.01. The van der Waals surface area contributed by atoms with Gasteiger partial charge in [0.1, 0.15) is 0 Å². The summed E-state index contributed by atoms with van der Waals surface area (Å²) in [4.78, 5) is 0.258. The minimum atomic E-state index is -3.49. The first-order valence-corrected chi connectivity index (χ1v) is 7.45. The zero-order valence-electron chi connectivity index (χ0n) is 10.1. The predicted octanol–water partition coefficient (Wildman–Crippen LogP) is 0.291. The zero-order valence-corrected chi connectivity index (χ0v) is 10.9. The second kappa shape index (κ2) is 5.36. The lowest BCUT2D eigenvalue weighted by Crippen LogP contribution is -2.42. The van der Waals surface area contributed by atoms with Gasteiger partial charge >= 0.3 is 0 Å². The van der Waals surface area contributed by atoms with E-state index in [-0.39, 0.29) is 11.4 Å². The number of sulfonamides is 1. The Balaban J connectivity index is 2.23. The van der Waals surface area contributed by atoms with Crippen molar-refractivity contribution >= 4 is 10.0 Å². The molecule has 2 rings (SSSR count). The SMILES string of the molecule is NCc1ccc(S(=O)(=O)N2CCC[C@@H](O)C2)cc1. The van der Waals surface area contributed by atoms with Crippen molar-refractivity contribution in [2.45, 2.75) is 30.4 Å². The summed E-state index contributed by atoms with van der Waals surface area (Å²) in [5, 5.41) is 9.55. The molecule has 1 aliphatic heterocycles. The topological polar surface area (TPSA) is 83.6 Å². The molecule has 1 fully saturated rings. The Bertz CT molecular complexity index is 499. The molecule has 0 aromatic heterocycles. The third-order valence-electron chi connectivity index (χ3n) is 3.16. The molecule has 0 bridgehead atoms. The molecule has 18 heavy (non-hydrogen) atoms. The van der Waals surface area contributed by atoms with Crippen LogP contribution in [-0.2, 0) is 16.6 Å². The first-order valence-electron chi connectivity index (χ1n) is 6.01. The molecule has 1 aliphatic rings. The van der Waals surface area contributed by atoms with Gasteiger partial charge in [-0.05, 0) is 30.5 Å². The molecule has 1 saturated heterocycles. The summed E-state index contributed by atoms with van der Waals surface area (Å²) in [6.07, 6.45) is 0.802. The van der Waals surface area contributed by atoms with Gasteiger partial charge in [-0.1, -0.05) is 12.1 Å². The molecule has 0 radical (unpaired) electrons. The van der Waals surface area contributed by atoms with E-state index in [0.717, 1.165) is 5.56 Å². The van der Waals surface area contributed by atoms with Gasteiger partial charge in [0.05, 0.1) is 11.0 Å². The van der Waals surface area contributed by atoms with Crippen molar-refractivity contribution in [3.05, 3.63) is 29.8 Å². The maximum absolute atomic E-state index is 12.3. The van der Waals surface area contributed by atoms with Crippen LogP contribution in [0.15, 0.2) is 29.2 Å². The molecular formula is C12H18N2O3S. The van der Waals surface area contributed by atoms with Crippen molar-refractivity contribution in [2.75, 3.05) is 13.1 Å². The summed E-state index contributed by atoms with van der Waals surface area (Å²) < 4.78 is 26.0. The van der Waals surface area contributed by atoms with Gasteiger partial charge < -0.3 is 10.8 Å². The highest BCUT2D eigenvalue weighted by Crippen LogP contribution is 2.21. The normalized spacial score (nSPS) is 22.0. The summed E-state index contributed by atoms with van der Waals surface area (Å²) in [5.41, 5.74) is 6.37. The van der Waals surface area contributed by atoms with Crippen LogP contribution < -0.4 is 5.73 Å². The summed E-state index contributed by atoms with van der Waals surface area (Å²) in [6, 6.07) is 6.57. The first-order chi connectivity index (χ1) is 8.54. The number of piperidine rings is 1. The number of β-amino-alcohol motifs (C(OH)–C–C–N with tert-alkyl or cyclic N) is 1. The molecular weight excluding hydrogens is 252 g/mol. The summed E-state index contributed by atoms with van der Waals surface area (Å²) in [6.45, 7) is 1.04. The van der Waals surface area contributed by atoms with Gasteiger partial charge in [-0.15, -0.1) is 0 Å². The average Bonchev–Trinajstić information content (AvgIpc) is 2.39. The molecule has 6 heteroatoms. The first kappa shape index (κ1) is 13.5. The van der Waals surface area contributed by atoms with Crippen LogP contribution in [0.1, 0.15) is 18.4 Å². The summed E-state index contributed by atoms with van der Waals surface area (Å²) in [7, 11) is -3.49. The van der Waals surface area contributed by atoms with Gasteiger partial charge in [0.15, 0.2) is 0 Å². The van der Waals surface area contributed by atoms with E-state index < -0.39 is 16.1 Å². The summed E-state index contributed by atoms with van der Waals surface area (Å²) in [5.74, 6) is 0. The maximum atomic E-state index is 12.3. The molecule has 0 aliphatic carbocycles. The van der Waals surface area contributed by atoms with Gasteiger partial charge in [0.2, 0.25) is 10.0 Å². The highest BCUT2D eigenvalue weighted by Gasteiger charge is 2.29. The van der Waals surface area contributed by atoms with Crippen LogP contribution in [-0.4, -0.2) is 37.0 Å².